The third-order valence-corrected chi connectivity index (χ3v) is 3.56. The predicted octanol–water partition coefficient (Wildman–Crippen LogP) is 1.40. The Bertz CT molecular complexity index is 534. The monoisotopic (exact) mass is 315 g/mol. The van der Waals surface area contributed by atoms with Crippen LogP contribution in [0.15, 0.2) is 4.79 Å². The van der Waals surface area contributed by atoms with Crippen molar-refractivity contribution in [2.75, 3.05) is 19.7 Å². The molecule has 8 heteroatoms. The van der Waals surface area contributed by atoms with E-state index in [4.69, 9.17) is 9.47 Å². The van der Waals surface area contributed by atoms with Gasteiger partial charge >= 0.3 is 11.0 Å². The number of ether oxygens (including phenoxy) is 2. The summed E-state index contributed by atoms with van der Waals surface area (Å²) in [5.41, 5.74) is -0.495. The second kappa shape index (κ2) is 6.57. The van der Waals surface area contributed by atoms with Crippen molar-refractivity contribution in [3.8, 4) is 0 Å². The highest BCUT2D eigenvalue weighted by Gasteiger charge is 2.28. The molecule has 0 saturated carbocycles. The van der Waals surface area contributed by atoms with Crippen molar-refractivity contribution in [2.45, 2.75) is 45.3 Å². The maximum absolute atomic E-state index is 12.0. The normalized spacial score (nSPS) is 19.6. The quantitative estimate of drug-likeness (QED) is 0.911. The molecule has 1 atom stereocenters. The number of carbonyl (C=O) groups excluding carboxylic acids is 1. The molecule has 1 aromatic heterocycles. The summed E-state index contributed by atoms with van der Waals surface area (Å²) in [6, 6.07) is 0. The van der Waals surface area contributed by atoms with Crippen LogP contribution >= 0.6 is 11.5 Å². The fourth-order valence-electron chi connectivity index (χ4n) is 2.05. The highest BCUT2D eigenvalue weighted by atomic mass is 32.1. The molecule has 1 aliphatic heterocycles. The molecule has 1 amide bonds. The van der Waals surface area contributed by atoms with Gasteiger partial charge in [-0.2, -0.15) is 4.37 Å². The smallest absolute Gasteiger partial charge is 0.410 e. The molecular weight excluding hydrogens is 294 g/mol. The minimum atomic E-state index is -0.495. The summed E-state index contributed by atoms with van der Waals surface area (Å²) in [6.45, 7) is 7.09. The number of H-pyrrole nitrogens is 1. The van der Waals surface area contributed by atoms with E-state index in [-0.39, 0.29) is 17.1 Å². The van der Waals surface area contributed by atoms with Gasteiger partial charge < -0.3 is 14.4 Å². The van der Waals surface area contributed by atoms with Crippen molar-refractivity contribution in [2.24, 2.45) is 0 Å². The molecule has 2 rings (SSSR count). The first-order chi connectivity index (χ1) is 9.83. The fourth-order valence-corrected chi connectivity index (χ4v) is 2.55. The number of aromatic amines is 1. The maximum atomic E-state index is 12.0. The van der Waals surface area contributed by atoms with Gasteiger partial charge in [0.2, 0.25) is 0 Å². The first-order valence-electron chi connectivity index (χ1n) is 6.98. The zero-order valence-electron chi connectivity index (χ0n) is 12.5. The first-order valence-corrected chi connectivity index (χ1v) is 7.75. The van der Waals surface area contributed by atoms with Crippen LogP contribution in [0.5, 0.6) is 0 Å². The highest BCUT2D eigenvalue weighted by molar-refractivity contribution is 7.02. The average molecular weight is 315 g/mol. The number of nitrogens with zero attached hydrogens (tertiary/aromatic N) is 2. The minimum absolute atomic E-state index is 0.0588. The number of aromatic nitrogens is 2. The lowest BCUT2D eigenvalue weighted by molar-refractivity contribution is -0.0444. The van der Waals surface area contributed by atoms with Crippen LogP contribution in [-0.2, 0) is 15.9 Å². The molecule has 0 aromatic carbocycles. The summed E-state index contributed by atoms with van der Waals surface area (Å²) < 4.78 is 15.0. The van der Waals surface area contributed by atoms with Crippen LogP contribution < -0.4 is 4.87 Å². The van der Waals surface area contributed by atoms with Gasteiger partial charge in [0, 0.05) is 24.5 Å². The molecule has 2 heterocycles. The fraction of sp³-hybridized carbons (Fsp3) is 0.769. The van der Waals surface area contributed by atoms with Crippen LogP contribution in [0.3, 0.4) is 0 Å². The van der Waals surface area contributed by atoms with Gasteiger partial charge in [0.25, 0.3) is 0 Å². The second-order valence-electron chi connectivity index (χ2n) is 6.00. The van der Waals surface area contributed by atoms with Crippen LogP contribution in [-0.4, -0.2) is 51.8 Å². The van der Waals surface area contributed by atoms with Crippen molar-refractivity contribution >= 4 is 17.6 Å². The van der Waals surface area contributed by atoms with E-state index in [9.17, 15) is 9.59 Å². The lowest BCUT2D eigenvalue weighted by atomic mass is 10.1. The van der Waals surface area contributed by atoms with Gasteiger partial charge in [0.15, 0.2) is 0 Å². The van der Waals surface area contributed by atoms with E-state index in [1.807, 2.05) is 20.8 Å². The SMILES string of the molecule is CC(C)(C)OC(=O)N1CCOC(CCc2nsc(=O)[nH]2)C1. The molecule has 7 nitrogen and oxygen atoms in total. The molecule has 1 unspecified atom stereocenters. The van der Waals surface area contributed by atoms with Gasteiger partial charge in [-0.15, -0.1) is 0 Å². The Morgan fingerprint density at radius 2 is 2.33 bits per heavy atom. The van der Waals surface area contributed by atoms with Gasteiger partial charge in [-0.05, 0) is 27.2 Å². The molecule has 1 aliphatic rings. The number of hydrogen-bond donors (Lipinski definition) is 1. The summed E-state index contributed by atoms with van der Waals surface area (Å²) in [5, 5.41) is 0. The Morgan fingerprint density at radius 1 is 1.57 bits per heavy atom. The van der Waals surface area contributed by atoms with Gasteiger partial charge in [-0.3, -0.25) is 9.78 Å². The molecular formula is C13H21N3O4S. The van der Waals surface area contributed by atoms with E-state index in [0.717, 1.165) is 11.5 Å². The van der Waals surface area contributed by atoms with Crippen molar-refractivity contribution in [3.63, 3.8) is 0 Å². The topological polar surface area (TPSA) is 84.5 Å². The second-order valence-corrected chi connectivity index (χ2v) is 6.74. The van der Waals surface area contributed by atoms with E-state index >= 15 is 0 Å². The summed E-state index contributed by atoms with van der Waals surface area (Å²) in [5.74, 6) is 0.669. The van der Waals surface area contributed by atoms with Crippen LogP contribution in [0.4, 0.5) is 4.79 Å². The minimum Gasteiger partial charge on any atom is -0.444 e. The predicted molar refractivity (Wildman–Crippen MR) is 78.6 cm³/mol. The van der Waals surface area contributed by atoms with E-state index in [0.29, 0.717) is 38.4 Å². The number of hydrogen-bond acceptors (Lipinski definition) is 6. The van der Waals surface area contributed by atoms with Gasteiger partial charge in [0.05, 0.1) is 19.3 Å². The molecule has 1 aromatic rings. The highest BCUT2D eigenvalue weighted by Crippen LogP contribution is 2.15. The maximum Gasteiger partial charge on any atom is 0.410 e. The lowest BCUT2D eigenvalue weighted by Crippen LogP contribution is -2.47. The Morgan fingerprint density at radius 3 is 2.95 bits per heavy atom. The molecule has 118 valence electrons. The van der Waals surface area contributed by atoms with Gasteiger partial charge in [0.1, 0.15) is 11.4 Å². The van der Waals surface area contributed by atoms with E-state index in [1.54, 1.807) is 4.90 Å². The molecule has 21 heavy (non-hydrogen) atoms. The van der Waals surface area contributed by atoms with Crippen LogP contribution in [0.1, 0.15) is 33.0 Å². The zero-order chi connectivity index (χ0) is 15.5. The standard InChI is InChI=1S/C13H21N3O4S/c1-13(2,3)20-12(18)16-6-7-19-9(8-16)4-5-10-14-11(17)21-15-10/h9H,4-8H2,1-3H3,(H,14,15,17). The third-order valence-electron chi connectivity index (χ3n) is 2.98. The Balaban J connectivity index is 1.83. The largest absolute Gasteiger partial charge is 0.444 e. The van der Waals surface area contributed by atoms with Crippen LogP contribution in [0.25, 0.3) is 0 Å². The van der Waals surface area contributed by atoms with Gasteiger partial charge in [-0.25, -0.2) is 4.79 Å². The lowest BCUT2D eigenvalue weighted by Gasteiger charge is -2.34. The van der Waals surface area contributed by atoms with E-state index in [2.05, 4.69) is 9.36 Å². The summed E-state index contributed by atoms with van der Waals surface area (Å²) in [4.78, 5) is 27.2. The van der Waals surface area contributed by atoms with Crippen LogP contribution in [0, 0.1) is 0 Å². The number of nitrogens with one attached hydrogen (secondary N) is 1. The number of aryl methyl sites for hydroxylation is 1. The Kier molecular flexibility index (Phi) is 5.00. The molecule has 0 spiro atoms. The molecule has 1 saturated heterocycles. The Labute approximate surface area is 127 Å². The molecule has 0 aliphatic carbocycles. The molecule has 1 fully saturated rings. The van der Waals surface area contributed by atoms with Crippen molar-refractivity contribution < 1.29 is 14.3 Å². The molecule has 0 radical (unpaired) electrons. The van der Waals surface area contributed by atoms with Gasteiger partial charge in [-0.1, -0.05) is 0 Å². The number of amides is 1. The zero-order valence-corrected chi connectivity index (χ0v) is 13.4. The first kappa shape index (κ1) is 16.0. The molecule has 0 bridgehead atoms. The van der Waals surface area contributed by atoms with E-state index < -0.39 is 5.60 Å². The van der Waals surface area contributed by atoms with E-state index in [1.165, 1.54) is 0 Å². The summed E-state index contributed by atoms with van der Waals surface area (Å²) in [6.07, 6.45) is 0.971. The van der Waals surface area contributed by atoms with Crippen molar-refractivity contribution in [1.29, 1.82) is 0 Å². The summed E-state index contributed by atoms with van der Waals surface area (Å²) >= 11 is 0.916. The summed E-state index contributed by atoms with van der Waals surface area (Å²) in [7, 11) is 0. The third kappa shape index (κ3) is 5.13. The number of carbonyl (C=O) groups is 1. The number of rotatable bonds is 3. The van der Waals surface area contributed by atoms with Crippen molar-refractivity contribution in [3.05, 3.63) is 15.5 Å². The number of morpholine rings is 1. The molecule has 1 N–H and O–H groups in total. The average Bonchev–Trinajstić information content (AvgIpc) is 2.81. The van der Waals surface area contributed by atoms with Crippen LogP contribution in [0.2, 0.25) is 0 Å². The Hall–Kier alpha value is -1.41. The van der Waals surface area contributed by atoms with Crippen molar-refractivity contribution in [1.82, 2.24) is 14.3 Å².